The zero-order valence-electron chi connectivity index (χ0n) is 15.1. The molecule has 28 heavy (non-hydrogen) atoms. The van der Waals surface area contributed by atoms with Gasteiger partial charge in [-0.3, -0.25) is 4.79 Å². The molecule has 2 aromatic carbocycles. The molecule has 0 saturated carbocycles. The standard InChI is InChI=1S/C19H21BrFN3O3S/c20-15-2-1-3-18(14-15)28(26,27)22-9-8-19(25)24-12-10-23(11-13-24)17-6-4-16(21)5-7-17/h1-7,14,22H,8-13H2. The number of halogens is 2. The summed E-state index contributed by atoms with van der Waals surface area (Å²) in [4.78, 5) is 16.4. The summed E-state index contributed by atoms with van der Waals surface area (Å²) in [5.74, 6) is -0.362. The van der Waals surface area contributed by atoms with Crippen LogP contribution in [0.4, 0.5) is 10.1 Å². The van der Waals surface area contributed by atoms with Gasteiger partial charge in [-0.1, -0.05) is 22.0 Å². The minimum absolute atomic E-state index is 0.0475. The van der Waals surface area contributed by atoms with Crippen molar-refractivity contribution in [1.82, 2.24) is 9.62 Å². The van der Waals surface area contributed by atoms with Crippen molar-refractivity contribution in [2.45, 2.75) is 11.3 Å². The number of sulfonamides is 1. The molecule has 9 heteroatoms. The Hall–Kier alpha value is -1.97. The quantitative estimate of drug-likeness (QED) is 0.705. The smallest absolute Gasteiger partial charge is 0.240 e. The Labute approximate surface area is 172 Å². The summed E-state index contributed by atoms with van der Waals surface area (Å²) in [7, 11) is -3.65. The molecule has 0 aliphatic carbocycles. The van der Waals surface area contributed by atoms with Crippen LogP contribution in [-0.4, -0.2) is 51.9 Å². The second kappa shape index (κ2) is 9.02. The van der Waals surface area contributed by atoms with Crippen LogP contribution in [0.2, 0.25) is 0 Å². The molecule has 1 amide bonds. The lowest BCUT2D eigenvalue weighted by atomic mass is 10.2. The van der Waals surface area contributed by atoms with E-state index in [0.717, 1.165) is 5.69 Å². The number of benzene rings is 2. The highest BCUT2D eigenvalue weighted by Crippen LogP contribution is 2.18. The van der Waals surface area contributed by atoms with Gasteiger partial charge < -0.3 is 9.80 Å². The molecule has 0 aromatic heterocycles. The molecule has 2 aromatic rings. The number of carbonyl (C=O) groups excluding carboxylic acids is 1. The van der Waals surface area contributed by atoms with Crippen LogP contribution in [0.3, 0.4) is 0 Å². The zero-order chi connectivity index (χ0) is 20.1. The van der Waals surface area contributed by atoms with Gasteiger partial charge in [-0.15, -0.1) is 0 Å². The molecule has 1 N–H and O–H groups in total. The minimum Gasteiger partial charge on any atom is -0.368 e. The minimum atomic E-state index is -3.65. The third-order valence-electron chi connectivity index (χ3n) is 4.56. The van der Waals surface area contributed by atoms with Crippen molar-refractivity contribution in [1.29, 1.82) is 0 Å². The number of carbonyl (C=O) groups is 1. The van der Waals surface area contributed by atoms with Crippen LogP contribution in [-0.2, 0) is 14.8 Å². The van der Waals surface area contributed by atoms with Crippen molar-refractivity contribution in [2.24, 2.45) is 0 Å². The molecule has 0 radical (unpaired) electrons. The van der Waals surface area contributed by atoms with Crippen molar-refractivity contribution in [2.75, 3.05) is 37.6 Å². The van der Waals surface area contributed by atoms with E-state index >= 15 is 0 Å². The molecular formula is C19H21BrFN3O3S. The first-order chi connectivity index (χ1) is 13.3. The lowest BCUT2D eigenvalue weighted by Crippen LogP contribution is -2.49. The highest BCUT2D eigenvalue weighted by molar-refractivity contribution is 9.10. The summed E-state index contributed by atoms with van der Waals surface area (Å²) in [5.41, 5.74) is 0.926. The first-order valence-corrected chi connectivity index (χ1v) is 11.2. The summed E-state index contributed by atoms with van der Waals surface area (Å²) in [6.45, 7) is 2.46. The van der Waals surface area contributed by atoms with Crippen LogP contribution in [0.1, 0.15) is 6.42 Å². The van der Waals surface area contributed by atoms with Crippen LogP contribution in [0.25, 0.3) is 0 Å². The van der Waals surface area contributed by atoms with E-state index in [1.807, 2.05) is 0 Å². The Bertz CT molecular complexity index is 930. The van der Waals surface area contributed by atoms with Gasteiger partial charge in [0.05, 0.1) is 4.90 Å². The van der Waals surface area contributed by atoms with Gasteiger partial charge in [0.1, 0.15) is 5.82 Å². The van der Waals surface area contributed by atoms with Crippen molar-refractivity contribution in [3.05, 3.63) is 58.8 Å². The summed E-state index contributed by atoms with van der Waals surface area (Å²) in [5, 5.41) is 0. The highest BCUT2D eigenvalue weighted by Gasteiger charge is 2.22. The van der Waals surface area contributed by atoms with Crippen LogP contribution in [0.5, 0.6) is 0 Å². The number of rotatable bonds is 6. The number of amides is 1. The van der Waals surface area contributed by atoms with E-state index in [1.165, 1.54) is 24.3 Å². The monoisotopic (exact) mass is 469 g/mol. The average molecular weight is 470 g/mol. The van der Waals surface area contributed by atoms with Crippen molar-refractivity contribution in [3.63, 3.8) is 0 Å². The van der Waals surface area contributed by atoms with Crippen LogP contribution in [0.15, 0.2) is 57.9 Å². The SMILES string of the molecule is O=C(CCNS(=O)(=O)c1cccc(Br)c1)N1CCN(c2ccc(F)cc2)CC1. The van der Waals surface area contributed by atoms with Gasteiger partial charge in [-0.2, -0.15) is 0 Å². The van der Waals surface area contributed by atoms with E-state index in [1.54, 1.807) is 29.2 Å². The third kappa shape index (κ3) is 5.30. The molecular weight excluding hydrogens is 449 g/mol. The molecule has 0 spiro atoms. The maximum atomic E-state index is 13.0. The highest BCUT2D eigenvalue weighted by atomic mass is 79.9. The van der Waals surface area contributed by atoms with Crippen LogP contribution < -0.4 is 9.62 Å². The summed E-state index contributed by atoms with van der Waals surface area (Å²) >= 11 is 3.25. The van der Waals surface area contributed by atoms with E-state index in [-0.39, 0.29) is 29.6 Å². The fourth-order valence-corrected chi connectivity index (χ4v) is 4.66. The maximum absolute atomic E-state index is 13.0. The van der Waals surface area contributed by atoms with Gasteiger partial charge in [-0.25, -0.2) is 17.5 Å². The lowest BCUT2D eigenvalue weighted by Gasteiger charge is -2.36. The first kappa shape index (κ1) is 20.8. The van der Waals surface area contributed by atoms with Crippen LogP contribution >= 0.6 is 15.9 Å². The molecule has 1 saturated heterocycles. The van der Waals surface area contributed by atoms with E-state index in [9.17, 15) is 17.6 Å². The lowest BCUT2D eigenvalue weighted by molar-refractivity contribution is -0.131. The fraction of sp³-hybridized carbons (Fsp3) is 0.316. The molecule has 0 unspecified atom stereocenters. The van der Waals surface area contributed by atoms with Gasteiger partial charge in [-0.05, 0) is 42.5 Å². The fourth-order valence-electron chi connectivity index (χ4n) is 3.03. The summed E-state index contributed by atoms with van der Waals surface area (Å²) in [6.07, 6.45) is 0.101. The van der Waals surface area contributed by atoms with Gasteiger partial charge in [0.25, 0.3) is 0 Å². The number of hydrogen-bond donors (Lipinski definition) is 1. The summed E-state index contributed by atoms with van der Waals surface area (Å²) in [6, 6.07) is 12.7. The largest absolute Gasteiger partial charge is 0.368 e. The first-order valence-electron chi connectivity index (χ1n) is 8.89. The molecule has 150 valence electrons. The van der Waals surface area contributed by atoms with E-state index in [0.29, 0.717) is 30.7 Å². The number of piperazine rings is 1. The van der Waals surface area contributed by atoms with Crippen molar-refractivity contribution < 1.29 is 17.6 Å². The van der Waals surface area contributed by atoms with E-state index in [2.05, 4.69) is 25.6 Å². The predicted octanol–water partition coefficient (Wildman–Crippen LogP) is 2.61. The van der Waals surface area contributed by atoms with Gasteiger partial charge in [0.15, 0.2) is 0 Å². The van der Waals surface area contributed by atoms with E-state index in [4.69, 9.17) is 0 Å². The molecule has 1 aliphatic rings. The van der Waals surface area contributed by atoms with Gasteiger partial charge in [0, 0.05) is 49.3 Å². The van der Waals surface area contributed by atoms with Crippen molar-refractivity contribution in [3.8, 4) is 0 Å². The second-order valence-corrected chi connectivity index (χ2v) is 9.13. The van der Waals surface area contributed by atoms with Crippen molar-refractivity contribution >= 4 is 37.5 Å². The Kier molecular flexibility index (Phi) is 6.69. The molecule has 1 fully saturated rings. The Morgan fingerprint density at radius 2 is 1.75 bits per heavy atom. The predicted molar refractivity (Wildman–Crippen MR) is 109 cm³/mol. The third-order valence-corrected chi connectivity index (χ3v) is 6.51. The second-order valence-electron chi connectivity index (χ2n) is 6.45. The molecule has 0 atom stereocenters. The number of nitrogens with one attached hydrogen (secondary N) is 1. The molecule has 1 heterocycles. The molecule has 0 bridgehead atoms. The number of hydrogen-bond acceptors (Lipinski definition) is 4. The topological polar surface area (TPSA) is 69.7 Å². The molecule has 6 nitrogen and oxygen atoms in total. The zero-order valence-corrected chi connectivity index (χ0v) is 17.5. The molecule has 1 aliphatic heterocycles. The summed E-state index contributed by atoms with van der Waals surface area (Å²) < 4.78 is 40.7. The Morgan fingerprint density at radius 1 is 1.07 bits per heavy atom. The molecule has 3 rings (SSSR count). The van der Waals surface area contributed by atoms with Gasteiger partial charge >= 0.3 is 0 Å². The number of nitrogens with zero attached hydrogens (tertiary/aromatic N) is 2. The normalized spacial score (nSPS) is 14.9. The average Bonchev–Trinajstić information content (AvgIpc) is 2.68. The Balaban J connectivity index is 1.46. The van der Waals surface area contributed by atoms with Gasteiger partial charge in [0.2, 0.25) is 15.9 Å². The maximum Gasteiger partial charge on any atom is 0.240 e. The Morgan fingerprint density at radius 3 is 2.39 bits per heavy atom. The van der Waals surface area contributed by atoms with E-state index < -0.39 is 10.0 Å². The van der Waals surface area contributed by atoms with Crippen LogP contribution in [0, 0.1) is 5.82 Å². The number of anilines is 1.